The maximum Gasteiger partial charge on any atom is 0.420 e. The van der Waals surface area contributed by atoms with Crippen molar-refractivity contribution in [2.75, 3.05) is 0 Å². The van der Waals surface area contributed by atoms with E-state index in [1.165, 1.54) is 0 Å². The van der Waals surface area contributed by atoms with E-state index < -0.39 is 29.7 Å². The summed E-state index contributed by atoms with van der Waals surface area (Å²) < 4.78 is 66.8. The molecule has 0 radical (unpaired) electrons. The molecule has 3 rings (SSSR count). The van der Waals surface area contributed by atoms with E-state index in [1.54, 1.807) is 0 Å². The molecule has 0 aromatic carbocycles. The van der Waals surface area contributed by atoms with Crippen LogP contribution in [-0.4, -0.2) is 34.5 Å². The molecule has 2 fully saturated rings. The number of halogens is 5. The van der Waals surface area contributed by atoms with Gasteiger partial charge in [-0.3, -0.25) is 0 Å². The normalized spacial score (nSPS) is 35.2. The van der Waals surface area contributed by atoms with Gasteiger partial charge in [0.05, 0.1) is 0 Å². The van der Waals surface area contributed by atoms with E-state index in [4.69, 9.17) is 5.11 Å². The third-order valence-electron chi connectivity index (χ3n) is 6.39. The van der Waals surface area contributed by atoms with Crippen molar-refractivity contribution in [2.24, 2.45) is 23.2 Å². The number of hydrogen-bond donors (Lipinski definition) is 2. The second-order valence-electron chi connectivity index (χ2n) is 7.70. The number of rotatable bonds is 4. The average molecular weight is 354 g/mol. The van der Waals surface area contributed by atoms with Gasteiger partial charge in [-0.25, -0.2) is 8.78 Å². The van der Waals surface area contributed by atoms with Crippen LogP contribution in [0.1, 0.15) is 44.9 Å². The molecule has 0 spiro atoms. The number of hydrogen-bond acceptors (Lipinski definition) is 2. The van der Waals surface area contributed by atoms with E-state index in [9.17, 15) is 27.1 Å². The van der Waals surface area contributed by atoms with Gasteiger partial charge in [0.25, 0.3) is 0 Å². The molecule has 0 heterocycles. The number of aliphatic hydroxyl groups excluding tert-OH is 2. The Bertz CT molecular complexity index is 496. The van der Waals surface area contributed by atoms with Gasteiger partial charge >= 0.3 is 12.1 Å². The van der Waals surface area contributed by atoms with Crippen molar-refractivity contribution in [1.29, 1.82) is 0 Å². The monoisotopic (exact) mass is 354 g/mol. The Labute approximate surface area is 137 Å². The molecule has 2 saturated carbocycles. The van der Waals surface area contributed by atoms with Crippen molar-refractivity contribution in [3.63, 3.8) is 0 Å². The first-order chi connectivity index (χ1) is 11.1. The highest BCUT2D eigenvalue weighted by Crippen LogP contribution is 2.60. The van der Waals surface area contributed by atoms with Crippen molar-refractivity contribution in [1.82, 2.24) is 0 Å². The molecule has 2 nitrogen and oxygen atoms in total. The van der Waals surface area contributed by atoms with Gasteiger partial charge in [0.1, 0.15) is 6.10 Å². The molecule has 0 aromatic rings. The van der Waals surface area contributed by atoms with Crippen LogP contribution < -0.4 is 0 Å². The smallest absolute Gasteiger partial charge is 0.386 e. The highest BCUT2D eigenvalue weighted by molar-refractivity contribution is 5.16. The van der Waals surface area contributed by atoms with Gasteiger partial charge in [0, 0.05) is 5.41 Å². The van der Waals surface area contributed by atoms with Gasteiger partial charge in [-0.05, 0) is 43.4 Å². The first-order valence-electron chi connectivity index (χ1n) is 8.58. The molecule has 24 heavy (non-hydrogen) atoms. The summed E-state index contributed by atoms with van der Waals surface area (Å²) in [6, 6.07) is 0. The van der Waals surface area contributed by atoms with Crippen LogP contribution in [0, 0.1) is 23.2 Å². The Morgan fingerprint density at radius 1 is 0.917 bits per heavy atom. The highest BCUT2D eigenvalue weighted by atomic mass is 19.4. The van der Waals surface area contributed by atoms with E-state index in [2.05, 4.69) is 0 Å². The van der Waals surface area contributed by atoms with Crippen LogP contribution in [0.5, 0.6) is 0 Å². The molecule has 3 aliphatic rings. The summed E-state index contributed by atoms with van der Waals surface area (Å²) in [6.07, 6.45) is -3.69. The molecule has 0 aromatic heterocycles. The summed E-state index contributed by atoms with van der Waals surface area (Å²) in [5, 5.41) is 19.6. The highest BCUT2D eigenvalue weighted by Gasteiger charge is 2.65. The van der Waals surface area contributed by atoms with Crippen molar-refractivity contribution >= 4 is 0 Å². The van der Waals surface area contributed by atoms with Crippen LogP contribution in [-0.2, 0) is 0 Å². The number of allylic oxidation sites excluding steroid dienone is 2. The fraction of sp³-hybridized carbons (Fsp3) is 0.882. The summed E-state index contributed by atoms with van der Waals surface area (Å²) in [6.45, 7) is 0. The third kappa shape index (κ3) is 2.77. The number of alkyl halides is 5. The van der Waals surface area contributed by atoms with E-state index in [0.29, 0.717) is 19.3 Å². The Balaban J connectivity index is 1.92. The van der Waals surface area contributed by atoms with Crippen LogP contribution in [0.2, 0.25) is 0 Å². The lowest BCUT2D eigenvalue weighted by molar-refractivity contribution is -0.308. The topological polar surface area (TPSA) is 40.5 Å². The lowest BCUT2D eigenvalue weighted by atomic mass is 9.58. The van der Waals surface area contributed by atoms with Gasteiger partial charge < -0.3 is 10.2 Å². The SMILES string of the molecule is OC(C(F)(F)F)C(F)(F)C(O)C1(C2CC3C=CC2C3)CCCCC1. The summed E-state index contributed by atoms with van der Waals surface area (Å²) in [5.41, 5.74) is -1.25. The van der Waals surface area contributed by atoms with Gasteiger partial charge in [0.2, 0.25) is 6.10 Å². The number of aliphatic hydroxyl groups is 2. The molecule has 2 N–H and O–H groups in total. The van der Waals surface area contributed by atoms with Gasteiger partial charge in [-0.1, -0.05) is 31.4 Å². The van der Waals surface area contributed by atoms with Crippen LogP contribution in [0.3, 0.4) is 0 Å². The summed E-state index contributed by atoms with van der Waals surface area (Å²) in [4.78, 5) is 0. The molecule has 7 heteroatoms. The fourth-order valence-electron chi connectivity index (χ4n) is 5.25. The van der Waals surface area contributed by atoms with E-state index in [1.807, 2.05) is 12.2 Å². The zero-order valence-electron chi connectivity index (χ0n) is 13.3. The molecular formula is C17H23F5O2. The van der Waals surface area contributed by atoms with Gasteiger partial charge in [-0.15, -0.1) is 0 Å². The van der Waals surface area contributed by atoms with Crippen molar-refractivity contribution in [3.8, 4) is 0 Å². The molecule has 0 saturated heterocycles. The molecule has 3 aliphatic carbocycles. The Morgan fingerprint density at radius 3 is 2.00 bits per heavy atom. The largest absolute Gasteiger partial charge is 0.420 e. The predicted molar refractivity (Wildman–Crippen MR) is 77.4 cm³/mol. The van der Waals surface area contributed by atoms with Gasteiger partial charge in [-0.2, -0.15) is 13.2 Å². The zero-order valence-corrected chi connectivity index (χ0v) is 13.3. The molecule has 0 amide bonds. The minimum Gasteiger partial charge on any atom is -0.386 e. The van der Waals surface area contributed by atoms with Crippen LogP contribution in [0.15, 0.2) is 12.2 Å². The van der Waals surface area contributed by atoms with Crippen LogP contribution >= 0.6 is 0 Å². The van der Waals surface area contributed by atoms with Crippen molar-refractivity contribution in [2.45, 2.75) is 69.3 Å². The average Bonchev–Trinajstić information content (AvgIpc) is 3.16. The van der Waals surface area contributed by atoms with Crippen LogP contribution in [0.25, 0.3) is 0 Å². The Hall–Kier alpha value is -0.690. The minimum absolute atomic E-state index is 0.0431. The second kappa shape index (κ2) is 5.94. The van der Waals surface area contributed by atoms with Gasteiger partial charge in [0.15, 0.2) is 0 Å². The first-order valence-corrected chi connectivity index (χ1v) is 8.58. The fourth-order valence-corrected chi connectivity index (χ4v) is 5.25. The number of fused-ring (bicyclic) bond motifs is 2. The molecule has 5 atom stereocenters. The minimum atomic E-state index is -5.46. The third-order valence-corrected chi connectivity index (χ3v) is 6.39. The van der Waals surface area contributed by atoms with E-state index >= 15 is 0 Å². The van der Waals surface area contributed by atoms with E-state index in [-0.39, 0.29) is 30.6 Å². The lowest BCUT2D eigenvalue weighted by Gasteiger charge is -2.50. The maximum atomic E-state index is 14.4. The Kier molecular flexibility index (Phi) is 4.48. The van der Waals surface area contributed by atoms with Crippen molar-refractivity contribution < 1.29 is 32.2 Å². The Morgan fingerprint density at radius 2 is 1.54 bits per heavy atom. The molecular weight excluding hydrogens is 331 g/mol. The molecule has 2 bridgehead atoms. The second-order valence-corrected chi connectivity index (χ2v) is 7.70. The van der Waals surface area contributed by atoms with Crippen molar-refractivity contribution in [3.05, 3.63) is 12.2 Å². The zero-order chi connectivity index (χ0) is 17.8. The summed E-state index contributed by atoms with van der Waals surface area (Å²) in [5.74, 6) is -4.54. The lowest BCUT2D eigenvalue weighted by Crippen LogP contribution is -2.60. The quantitative estimate of drug-likeness (QED) is 0.590. The summed E-state index contributed by atoms with van der Waals surface area (Å²) in [7, 11) is 0. The maximum absolute atomic E-state index is 14.4. The van der Waals surface area contributed by atoms with Crippen LogP contribution in [0.4, 0.5) is 22.0 Å². The standard InChI is InChI=1S/C17H23F5O2/c18-16(19,14(24)17(20,21)22)13(23)15(6-2-1-3-7-15)12-9-10-4-5-11(12)8-10/h4-5,10-14,23-24H,1-3,6-9H2. The predicted octanol–water partition coefficient (Wildman–Crippen LogP) is 4.07. The molecule has 0 aliphatic heterocycles. The molecule has 5 unspecified atom stereocenters. The first kappa shape index (κ1) is 18.1. The molecule has 138 valence electrons. The summed E-state index contributed by atoms with van der Waals surface area (Å²) >= 11 is 0. The van der Waals surface area contributed by atoms with E-state index in [0.717, 1.165) is 12.8 Å².